The molecular formula is C7H13F2NO. The van der Waals surface area contributed by atoms with Crippen molar-refractivity contribution in [3.8, 4) is 0 Å². The molecule has 0 aromatic rings. The lowest BCUT2D eigenvalue weighted by atomic mass is 9.94. The fourth-order valence-corrected chi connectivity index (χ4v) is 1.45. The minimum atomic E-state index is -2.65. The molecule has 66 valence electrons. The third kappa shape index (κ3) is 3.12. The summed E-state index contributed by atoms with van der Waals surface area (Å²) in [7, 11) is 0. The van der Waals surface area contributed by atoms with E-state index < -0.39 is 6.61 Å². The van der Waals surface area contributed by atoms with Gasteiger partial charge in [0.05, 0.1) is 6.10 Å². The normalized spacial score (nSPS) is 32.7. The molecule has 0 aromatic carbocycles. The number of hydrogen-bond acceptors (Lipinski definition) is 2. The van der Waals surface area contributed by atoms with Crippen molar-refractivity contribution in [1.82, 2.24) is 0 Å². The highest BCUT2D eigenvalue weighted by molar-refractivity contribution is 4.75. The van der Waals surface area contributed by atoms with Gasteiger partial charge in [0.25, 0.3) is 0 Å². The molecule has 0 spiro atoms. The van der Waals surface area contributed by atoms with Crippen molar-refractivity contribution in [3.63, 3.8) is 0 Å². The van der Waals surface area contributed by atoms with Gasteiger partial charge in [-0.3, -0.25) is 0 Å². The highest BCUT2D eigenvalue weighted by Gasteiger charge is 2.22. The van der Waals surface area contributed by atoms with Gasteiger partial charge in [-0.25, -0.2) is 0 Å². The van der Waals surface area contributed by atoms with E-state index in [0.717, 1.165) is 19.3 Å². The van der Waals surface area contributed by atoms with Crippen LogP contribution in [0.4, 0.5) is 8.78 Å². The minimum absolute atomic E-state index is 0.0486. The third-order valence-corrected chi connectivity index (χ3v) is 1.96. The van der Waals surface area contributed by atoms with Gasteiger partial charge in [-0.15, -0.1) is 0 Å². The van der Waals surface area contributed by atoms with Gasteiger partial charge >= 0.3 is 6.61 Å². The average molecular weight is 165 g/mol. The monoisotopic (exact) mass is 165 g/mol. The lowest BCUT2D eigenvalue weighted by Gasteiger charge is -2.25. The lowest BCUT2D eigenvalue weighted by molar-refractivity contribution is -0.170. The maximum Gasteiger partial charge on any atom is 0.345 e. The van der Waals surface area contributed by atoms with E-state index in [1.165, 1.54) is 0 Å². The van der Waals surface area contributed by atoms with Gasteiger partial charge in [-0.05, 0) is 25.7 Å². The standard InChI is InChI=1S/C7H13F2NO/c8-7(9)11-6-3-1-2-5(10)4-6/h5-7H,1-4,10H2/t5-,6+/m0/s1. The first-order chi connectivity index (χ1) is 5.18. The molecule has 0 amide bonds. The summed E-state index contributed by atoms with van der Waals surface area (Å²) in [6.07, 6.45) is 2.81. The fraction of sp³-hybridized carbons (Fsp3) is 1.00. The summed E-state index contributed by atoms with van der Waals surface area (Å²) in [4.78, 5) is 0. The van der Waals surface area contributed by atoms with Crippen LogP contribution >= 0.6 is 0 Å². The van der Waals surface area contributed by atoms with E-state index in [4.69, 9.17) is 5.73 Å². The molecule has 1 aliphatic rings. The highest BCUT2D eigenvalue weighted by atomic mass is 19.3. The molecule has 1 fully saturated rings. The molecule has 0 bridgehead atoms. The predicted molar refractivity (Wildman–Crippen MR) is 37.3 cm³/mol. The summed E-state index contributed by atoms with van der Waals surface area (Å²) in [6, 6.07) is 0.0486. The van der Waals surface area contributed by atoms with Crippen molar-refractivity contribution in [2.75, 3.05) is 0 Å². The molecule has 0 radical (unpaired) electrons. The number of rotatable bonds is 2. The predicted octanol–water partition coefficient (Wildman–Crippen LogP) is 1.50. The number of alkyl halides is 2. The van der Waals surface area contributed by atoms with E-state index in [0.29, 0.717) is 6.42 Å². The second-order valence-corrected chi connectivity index (χ2v) is 2.95. The molecular weight excluding hydrogens is 152 g/mol. The topological polar surface area (TPSA) is 35.2 Å². The summed E-state index contributed by atoms with van der Waals surface area (Å²) < 4.78 is 27.7. The molecule has 1 aliphatic carbocycles. The van der Waals surface area contributed by atoms with Gasteiger partial charge < -0.3 is 10.5 Å². The maximum atomic E-state index is 11.7. The van der Waals surface area contributed by atoms with Gasteiger partial charge in [-0.1, -0.05) is 0 Å². The molecule has 0 saturated heterocycles. The molecule has 1 rings (SSSR count). The molecule has 0 aromatic heterocycles. The van der Waals surface area contributed by atoms with Crippen molar-refractivity contribution in [2.24, 2.45) is 5.73 Å². The van der Waals surface area contributed by atoms with Gasteiger partial charge in [0.2, 0.25) is 0 Å². The Hall–Kier alpha value is -0.220. The van der Waals surface area contributed by atoms with Gasteiger partial charge in [-0.2, -0.15) is 8.78 Å². The number of nitrogens with two attached hydrogens (primary N) is 1. The summed E-state index contributed by atoms with van der Waals surface area (Å²) in [5.41, 5.74) is 5.58. The lowest BCUT2D eigenvalue weighted by Crippen LogP contribution is -2.33. The number of hydrogen-bond donors (Lipinski definition) is 1. The smallest absolute Gasteiger partial charge is 0.328 e. The van der Waals surface area contributed by atoms with Gasteiger partial charge in [0.1, 0.15) is 0 Å². The van der Waals surface area contributed by atoms with Crippen molar-refractivity contribution >= 4 is 0 Å². The van der Waals surface area contributed by atoms with Crippen LogP contribution in [-0.4, -0.2) is 18.8 Å². The van der Waals surface area contributed by atoms with Crippen LogP contribution in [0.5, 0.6) is 0 Å². The van der Waals surface area contributed by atoms with Crippen LogP contribution < -0.4 is 5.73 Å². The summed E-state index contributed by atoms with van der Waals surface area (Å²) >= 11 is 0. The Balaban J connectivity index is 2.23. The molecule has 1 saturated carbocycles. The van der Waals surface area contributed by atoms with E-state index in [1.54, 1.807) is 0 Å². The Morgan fingerprint density at radius 2 is 2.09 bits per heavy atom. The van der Waals surface area contributed by atoms with Crippen molar-refractivity contribution in [3.05, 3.63) is 0 Å². The van der Waals surface area contributed by atoms with E-state index in [1.807, 2.05) is 0 Å². The maximum absolute atomic E-state index is 11.7. The van der Waals surface area contributed by atoms with Gasteiger partial charge in [0.15, 0.2) is 0 Å². The molecule has 11 heavy (non-hydrogen) atoms. The number of ether oxygens (including phenoxy) is 1. The Bertz CT molecular complexity index is 119. The third-order valence-electron chi connectivity index (χ3n) is 1.96. The summed E-state index contributed by atoms with van der Waals surface area (Å²) in [5.74, 6) is 0. The summed E-state index contributed by atoms with van der Waals surface area (Å²) in [5, 5.41) is 0. The zero-order chi connectivity index (χ0) is 8.27. The molecule has 0 heterocycles. The second-order valence-electron chi connectivity index (χ2n) is 2.95. The van der Waals surface area contributed by atoms with Crippen LogP contribution in [0.15, 0.2) is 0 Å². The molecule has 2 atom stereocenters. The Kier molecular flexibility index (Phi) is 3.20. The van der Waals surface area contributed by atoms with Crippen LogP contribution in [0, 0.1) is 0 Å². The van der Waals surface area contributed by atoms with E-state index in [2.05, 4.69) is 4.74 Å². The van der Waals surface area contributed by atoms with Crippen molar-refractivity contribution < 1.29 is 13.5 Å². The molecule has 2 N–H and O–H groups in total. The second kappa shape index (κ2) is 3.97. The zero-order valence-electron chi connectivity index (χ0n) is 6.30. The molecule has 2 nitrogen and oxygen atoms in total. The van der Waals surface area contributed by atoms with Crippen LogP contribution in [-0.2, 0) is 4.74 Å². The largest absolute Gasteiger partial charge is 0.345 e. The van der Waals surface area contributed by atoms with Gasteiger partial charge in [0, 0.05) is 6.04 Å². The highest BCUT2D eigenvalue weighted by Crippen LogP contribution is 2.21. The van der Waals surface area contributed by atoms with Crippen LogP contribution in [0.3, 0.4) is 0 Å². The fourth-order valence-electron chi connectivity index (χ4n) is 1.45. The van der Waals surface area contributed by atoms with Crippen molar-refractivity contribution in [1.29, 1.82) is 0 Å². The molecule has 4 heteroatoms. The Morgan fingerprint density at radius 3 is 2.64 bits per heavy atom. The first-order valence-electron chi connectivity index (χ1n) is 3.87. The summed E-state index contributed by atoms with van der Waals surface area (Å²) in [6.45, 7) is -2.65. The Morgan fingerprint density at radius 1 is 1.36 bits per heavy atom. The van der Waals surface area contributed by atoms with E-state index >= 15 is 0 Å². The average Bonchev–Trinajstić information content (AvgIpc) is 1.85. The number of halogens is 2. The van der Waals surface area contributed by atoms with Crippen LogP contribution in [0.25, 0.3) is 0 Å². The quantitative estimate of drug-likeness (QED) is 0.672. The SMILES string of the molecule is N[C@H]1CCC[C@@H](OC(F)F)C1. The Labute approximate surface area is 64.7 Å². The first-order valence-corrected chi connectivity index (χ1v) is 3.87. The minimum Gasteiger partial charge on any atom is -0.328 e. The van der Waals surface area contributed by atoms with Crippen LogP contribution in [0.1, 0.15) is 25.7 Å². The molecule has 0 aliphatic heterocycles. The first kappa shape index (κ1) is 8.87. The zero-order valence-corrected chi connectivity index (χ0v) is 6.30. The van der Waals surface area contributed by atoms with E-state index in [-0.39, 0.29) is 12.1 Å². The molecule has 0 unspecified atom stereocenters. The van der Waals surface area contributed by atoms with Crippen molar-refractivity contribution in [2.45, 2.75) is 44.4 Å². The van der Waals surface area contributed by atoms with Crippen LogP contribution in [0.2, 0.25) is 0 Å². The van der Waals surface area contributed by atoms with E-state index in [9.17, 15) is 8.78 Å².